The predicted molar refractivity (Wildman–Crippen MR) is 68.5 cm³/mol. The number of rotatable bonds is 4. The van der Waals surface area contributed by atoms with Gasteiger partial charge in [-0.3, -0.25) is 14.4 Å². The highest BCUT2D eigenvalue weighted by molar-refractivity contribution is 5.80. The van der Waals surface area contributed by atoms with Crippen LogP contribution < -0.4 is 9.47 Å². The topological polar surface area (TPSA) is 69.7 Å². The van der Waals surface area contributed by atoms with Crippen molar-refractivity contribution in [2.24, 2.45) is 0 Å². The average molecular weight is 264 g/mol. The molecule has 5 nitrogen and oxygen atoms in total. The summed E-state index contributed by atoms with van der Waals surface area (Å²) in [5, 5.41) is 0. The number of ether oxygens (including phenoxy) is 2. The third-order valence-corrected chi connectivity index (χ3v) is 2.35. The molecule has 0 aliphatic carbocycles. The quantitative estimate of drug-likeness (QED) is 0.474. The molecule has 19 heavy (non-hydrogen) atoms. The van der Waals surface area contributed by atoms with Crippen LogP contribution in [0.1, 0.15) is 49.5 Å². The van der Waals surface area contributed by atoms with Crippen molar-refractivity contribution in [3.8, 4) is 11.5 Å². The van der Waals surface area contributed by atoms with Crippen molar-refractivity contribution < 1.29 is 23.9 Å². The Morgan fingerprint density at radius 2 is 1.47 bits per heavy atom. The fourth-order valence-corrected chi connectivity index (χ4v) is 1.74. The van der Waals surface area contributed by atoms with E-state index in [4.69, 9.17) is 9.47 Å². The van der Waals surface area contributed by atoms with E-state index in [-0.39, 0.29) is 23.0 Å². The van der Waals surface area contributed by atoms with Crippen LogP contribution in [0.3, 0.4) is 0 Å². The van der Waals surface area contributed by atoms with E-state index in [1.807, 2.05) is 13.8 Å². The first-order chi connectivity index (χ1) is 8.85. The molecular weight excluding hydrogens is 248 g/mol. The molecule has 0 saturated heterocycles. The minimum atomic E-state index is -0.501. The van der Waals surface area contributed by atoms with Gasteiger partial charge < -0.3 is 9.47 Å². The van der Waals surface area contributed by atoms with Crippen molar-refractivity contribution in [1.82, 2.24) is 0 Å². The standard InChI is InChI=1S/C14H16O5/c1-8(2)14-12(18-9(3)16)5-11(7-15)6-13(14)19-10(4)17/h5-8H,1-4H3. The summed E-state index contributed by atoms with van der Waals surface area (Å²) in [6, 6.07) is 2.91. The Kier molecular flexibility index (Phi) is 4.80. The number of hydrogen-bond acceptors (Lipinski definition) is 5. The Labute approximate surface area is 111 Å². The van der Waals surface area contributed by atoms with Crippen molar-refractivity contribution in [2.45, 2.75) is 33.6 Å². The summed E-state index contributed by atoms with van der Waals surface area (Å²) in [5.41, 5.74) is 0.855. The van der Waals surface area contributed by atoms with Crippen LogP contribution in [0.15, 0.2) is 12.1 Å². The minimum Gasteiger partial charge on any atom is -0.426 e. The van der Waals surface area contributed by atoms with E-state index in [9.17, 15) is 14.4 Å². The van der Waals surface area contributed by atoms with Crippen LogP contribution in [-0.4, -0.2) is 18.2 Å². The second-order valence-corrected chi connectivity index (χ2v) is 4.39. The lowest BCUT2D eigenvalue weighted by molar-refractivity contribution is -0.132. The van der Waals surface area contributed by atoms with E-state index in [0.717, 1.165) is 0 Å². The van der Waals surface area contributed by atoms with Crippen molar-refractivity contribution in [3.05, 3.63) is 23.3 Å². The monoisotopic (exact) mass is 264 g/mol. The molecule has 1 aromatic rings. The molecule has 0 N–H and O–H groups in total. The largest absolute Gasteiger partial charge is 0.426 e. The zero-order valence-electron chi connectivity index (χ0n) is 11.4. The molecule has 0 atom stereocenters. The molecule has 0 heterocycles. The SMILES string of the molecule is CC(=O)Oc1cc(C=O)cc(OC(C)=O)c1C(C)C. The molecule has 0 bridgehead atoms. The van der Waals surface area contributed by atoms with Crippen LogP contribution in [0.2, 0.25) is 0 Å². The first-order valence-corrected chi connectivity index (χ1v) is 5.85. The highest BCUT2D eigenvalue weighted by Crippen LogP contribution is 2.36. The first-order valence-electron chi connectivity index (χ1n) is 5.85. The maximum absolute atomic E-state index is 11.1. The average Bonchev–Trinajstić information content (AvgIpc) is 2.25. The first kappa shape index (κ1) is 14.9. The molecule has 0 aliphatic rings. The lowest BCUT2D eigenvalue weighted by Gasteiger charge is -2.17. The highest BCUT2D eigenvalue weighted by atomic mass is 16.5. The van der Waals surface area contributed by atoms with Crippen molar-refractivity contribution in [1.29, 1.82) is 0 Å². The molecule has 102 valence electrons. The van der Waals surface area contributed by atoms with Gasteiger partial charge in [-0.25, -0.2) is 0 Å². The van der Waals surface area contributed by atoms with Crippen LogP contribution in [-0.2, 0) is 9.59 Å². The van der Waals surface area contributed by atoms with Gasteiger partial charge in [0.25, 0.3) is 0 Å². The molecule has 0 spiro atoms. The molecule has 0 amide bonds. The smallest absolute Gasteiger partial charge is 0.308 e. The fourth-order valence-electron chi connectivity index (χ4n) is 1.74. The van der Waals surface area contributed by atoms with E-state index in [2.05, 4.69) is 0 Å². The molecule has 0 saturated carbocycles. The molecule has 0 aliphatic heterocycles. The Bertz CT molecular complexity index is 480. The molecule has 1 rings (SSSR count). The van der Waals surface area contributed by atoms with Crippen LogP contribution in [0, 0.1) is 0 Å². The molecular formula is C14H16O5. The number of carbonyl (C=O) groups is 3. The van der Waals surface area contributed by atoms with Crippen molar-refractivity contribution in [2.75, 3.05) is 0 Å². The summed E-state index contributed by atoms with van der Waals surface area (Å²) < 4.78 is 10.2. The normalized spacial score (nSPS) is 10.2. The van der Waals surface area contributed by atoms with Gasteiger partial charge in [0.15, 0.2) is 0 Å². The second-order valence-electron chi connectivity index (χ2n) is 4.39. The third kappa shape index (κ3) is 3.91. The number of hydrogen-bond donors (Lipinski definition) is 0. The number of esters is 2. The van der Waals surface area contributed by atoms with E-state index in [1.54, 1.807) is 0 Å². The maximum atomic E-state index is 11.1. The van der Waals surface area contributed by atoms with E-state index in [0.29, 0.717) is 11.8 Å². The van der Waals surface area contributed by atoms with Gasteiger partial charge in [-0.2, -0.15) is 0 Å². The van der Waals surface area contributed by atoms with Gasteiger partial charge in [0.1, 0.15) is 17.8 Å². The summed E-state index contributed by atoms with van der Waals surface area (Å²) in [7, 11) is 0. The Morgan fingerprint density at radius 1 is 1.05 bits per heavy atom. The van der Waals surface area contributed by atoms with E-state index < -0.39 is 11.9 Å². The predicted octanol–water partition coefficient (Wildman–Crippen LogP) is 2.47. The number of carbonyl (C=O) groups excluding carboxylic acids is 3. The molecule has 0 radical (unpaired) electrons. The van der Waals surface area contributed by atoms with Crippen molar-refractivity contribution in [3.63, 3.8) is 0 Å². The number of benzene rings is 1. The fraction of sp³-hybridized carbons (Fsp3) is 0.357. The zero-order chi connectivity index (χ0) is 14.6. The maximum Gasteiger partial charge on any atom is 0.308 e. The summed E-state index contributed by atoms with van der Waals surface area (Å²) >= 11 is 0. The lowest BCUT2D eigenvalue weighted by Crippen LogP contribution is -2.10. The Balaban J connectivity index is 3.44. The van der Waals surface area contributed by atoms with Gasteiger partial charge >= 0.3 is 11.9 Å². The van der Waals surface area contributed by atoms with Crippen LogP contribution in [0.5, 0.6) is 11.5 Å². The second kappa shape index (κ2) is 6.13. The third-order valence-electron chi connectivity index (χ3n) is 2.35. The minimum absolute atomic E-state index is 0.0376. The summed E-state index contributed by atoms with van der Waals surface area (Å²) in [5.74, 6) is -0.562. The van der Waals surface area contributed by atoms with Gasteiger partial charge in [-0.15, -0.1) is 0 Å². The molecule has 1 aromatic carbocycles. The highest BCUT2D eigenvalue weighted by Gasteiger charge is 2.19. The van der Waals surface area contributed by atoms with Gasteiger partial charge in [-0.1, -0.05) is 13.8 Å². The Hall–Kier alpha value is -2.17. The molecule has 0 aromatic heterocycles. The summed E-state index contributed by atoms with van der Waals surface area (Å²) in [4.78, 5) is 33.1. The zero-order valence-corrected chi connectivity index (χ0v) is 11.4. The summed E-state index contributed by atoms with van der Waals surface area (Å²) in [6.45, 7) is 6.28. The molecule has 0 fully saturated rings. The van der Waals surface area contributed by atoms with Crippen LogP contribution in [0.25, 0.3) is 0 Å². The van der Waals surface area contributed by atoms with Gasteiger partial charge in [0.2, 0.25) is 0 Å². The lowest BCUT2D eigenvalue weighted by atomic mass is 9.99. The van der Waals surface area contributed by atoms with Gasteiger partial charge in [0.05, 0.1) is 0 Å². The van der Waals surface area contributed by atoms with Gasteiger partial charge in [-0.05, 0) is 18.1 Å². The summed E-state index contributed by atoms with van der Waals surface area (Å²) in [6.07, 6.45) is 0.601. The number of aldehydes is 1. The Morgan fingerprint density at radius 3 is 1.74 bits per heavy atom. The van der Waals surface area contributed by atoms with Crippen LogP contribution >= 0.6 is 0 Å². The molecule has 5 heteroatoms. The van der Waals surface area contributed by atoms with E-state index in [1.165, 1.54) is 26.0 Å². The van der Waals surface area contributed by atoms with Crippen molar-refractivity contribution >= 4 is 18.2 Å². The van der Waals surface area contributed by atoms with Gasteiger partial charge in [0, 0.05) is 25.0 Å². The molecule has 0 unspecified atom stereocenters. The van der Waals surface area contributed by atoms with E-state index >= 15 is 0 Å². The van der Waals surface area contributed by atoms with Crippen LogP contribution in [0.4, 0.5) is 0 Å².